The average molecular weight is 308 g/mol. The molecule has 1 aromatic carbocycles. The lowest BCUT2D eigenvalue weighted by molar-refractivity contribution is -0.120. The predicted molar refractivity (Wildman–Crippen MR) is 86.7 cm³/mol. The number of amides is 1. The van der Waals surface area contributed by atoms with E-state index in [-0.39, 0.29) is 22.4 Å². The van der Waals surface area contributed by atoms with Crippen LogP contribution < -0.4 is 11.1 Å². The molecule has 1 aliphatic carbocycles. The van der Waals surface area contributed by atoms with Crippen LogP contribution in [0.15, 0.2) is 18.2 Å². The third-order valence-electron chi connectivity index (χ3n) is 3.98. The summed E-state index contributed by atoms with van der Waals surface area (Å²) in [6.45, 7) is 0. The maximum absolute atomic E-state index is 13.5. The Balaban J connectivity index is 2.04. The Labute approximate surface area is 130 Å². The van der Waals surface area contributed by atoms with Gasteiger partial charge in [0.15, 0.2) is 0 Å². The van der Waals surface area contributed by atoms with Crippen molar-refractivity contribution in [3.8, 4) is 0 Å². The molecule has 2 rings (SSSR count). The van der Waals surface area contributed by atoms with Gasteiger partial charge in [0.05, 0.1) is 0 Å². The Hall–Kier alpha value is -1.49. The number of benzene rings is 1. The molecular weight excluding hydrogens is 287 g/mol. The summed E-state index contributed by atoms with van der Waals surface area (Å²) in [6.07, 6.45) is 7.71. The van der Waals surface area contributed by atoms with E-state index in [1.54, 1.807) is 0 Å². The lowest BCUT2D eigenvalue weighted by Crippen LogP contribution is -2.24. The molecule has 0 unspecified atom stereocenters. The number of halogens is 1. The molecule has 5 heteroatoms. The summed E-state index contributed by atoms with van der Waals surface area (Å²) in [7, 11) is 0. The van der Waals surface area contributed by atoms with Gasteiger partial charge in [-0.25, -0.2) is 4.39 Å². The van der Waals surface area contributed by atoms with Crippen molar-refractivity contribution in [3.05, 3.63) is 29.6 Å². The fourth-order valence-electron chi connectivity index (χ4n) is 2.75. The van der Waals surface area contributed by atoms with Crippen LogP contribution in [-0.2, 0) is 4.79 Å². The maximum atomic E-state index is 13.5. The third-order valence-corrected chi connectivity index (χ3v) is 4.20. The van der Waals surface area contributed by atoms with Crippen molar-refractivity contribution in [2.24, 2.45) is 11.7 Å². The first kappa shape index (κ1) is 15.9. The highest BCUT2D eigenvalue weighted by Crippen LogP contribution is 2.24. The second kappa shape index (κ2) is 7.50. The van der Waals surface area contributed by atoms with Crippen LogP contribution in [0.5, 0.6) is 0 Å². The Bertz CT molecular complexity index is 525. The normalized spacial score (nSPS) is 16.8. The lowest BCUT2D eigenvalue weighted by atomic mass is 9.90. The number of carbonyl (C=O) groups excluding carboxylic acids is 1. The molecule has 3 nitrogen and oxygen atoms in total. The molecular formula is C16H21FN2OS. The largest absolute Gasteiger partial charge is 0.389 e. The molecule has 1 saturated carbocycles. The van der Waals surface area contributed by atoms with Crippen LogP contribution in [0.1, 0.15) is 50.5 Å². The molecule has 21 heavy (non-hydrogen) atoms. The van der Waals surface area contributed by atoms with Crippen molar-refractivity contribution < 1.29 is 9.18 Å². The quantitative estimate of drug-likeness (QED) is 0.836. The number of nitrogens with one attached hydrogen (secondary N) is 1. The summed E-state index contributed by atoms with van der Waals surface area (Å²) in [5, 5.41) is 2.86. The summed E-state index contributed by atoms with van der Waals surface area (Å²) >= 11 is 4.81. The van der Waals surface area contributed by atoms with E-state index in [0.29, 0.717) is 5.69 Å². The smallest absolute Gasteiger partial charge is 0.227 e. The minimum absolute atomic E-state index is 0.00504. The van der Waals surface area contributed by atoms with E-state index in [0.717, 1.165) is 25.7 Å². The van der Waals surface area contributed by atoms with Gasteiger partial charge in [0.1, 0.15) is 10.8 Å². The minimum atomic E-state index is -0.466. The second-order valence-electron chi connectivity index (χ2n) is 5.59. The third kappa shape index (κ3) is 4.49. The van der Waals surface area contributed by atoms with Crippen molar-refractivity contribution in [2.75, 3.05) is 5.32 Å². The molecule has 0 saturated heterocycles. The van der Waals surface area contributed by atoms with Gasteiger partial charge in [0.2, 0.25) is 5.91 Å². The molecule has 0 atom stereocenters. The zero-order chi connectivity index (χ0) is 15.2. The van der Waals surface area contributed by atoms with Gasteiger partial charge in [-0.05, 0) is 31.0 Å². The van der Waals surface area contributed by atoms with Gasteiger partial charge >= 0.3 is 0 Å². The van der Waals surface area contributed by atoms with Gasteiger partial charge in [-0.2, -0.15) is 0 Å². The SMILES string of the molecule is NC(=S)c1cc(NC(=O)C2CCCCCCC2)ccc1F. The van der Waals surface area contributed by atoms with E-state index in [4.69, 9.17) is 18.0 Å². The van der Waals surface area contributed by atoms with Crippen LogP contribution in [-0.4, -0.2) is 10.9 Å². The number of thiocarbonyl (C=S) groups is 1. The summed E-state index contributed by atoms with van der Waals surface area (Å²) < 4.78 is 13.5. The van der Waals surface area contributed by atoms with Crippen molar-refractivity contribution >= 4 is 28.8 Å². The van der Waals surface area contributed by atoms with Crippen LogP contribution in [0.4, 0.5) is 10.1 Å². The zero-order valence-corrected chi connectivity index (χ0v) is 12.8. The predicted octanol–water partition coefficient (Wildman–Crippen LogP) is 3.76. The Morgan fingerprint density at radius 3 is 2.43 bits per heavy atom. The minimum Gasteiger partial charge on any atom is -0.389 e. The van der Waals surface area contributed by atoms with Gasteiger partial charge in [0, 0.05) is 17.2 Å². The maximum Gasteiger partial charge on any atom is 0.227 e. The molecule has 1 amide bonds. The first-order chi connectivity index (χ1) is 10.1. The number of rotatable bonds is 3. The summed E-state index contributed by atoms with van der Waals surface area (Å²) in [5.41, 5.74) is 6.19. The van der Waals surface area contributed by atoms with Crippen LogP contribution >= 0.6 is 12.2 Å². The number of hydrogen-bond donors (Lipinski definition) is 2. The number of nitrogens with two attached hydrogens (primary N) is 1. The van der Waals surface area contributed by atoms with E-state index in [2.05, 4.69) is 5.32 Å². The van der Waals surface area contributed by atoms with Gasteiger partial charge in [-0.15, -0.1) is 0 Å². The van der Waals surface area contributed by atoms with Crippen LogP contribution in [0.25, 0.3) is 0 Å². The zero-order valence-electron chi connectivity index (χ0n) is 12.0. The van der Waals surface area contributed by atoms with E-state index < -0.39 is 5.82 Å². The van der Waals surface area contributed by atoms with E-state index >= 15 is 0 Å². The lowest BCUT2D eigenvalue weighted by Gasteiger charge is -2.19. The Morgan fingerprint density at radius 2 is 1.81 bits per heavy atom. The standard InChI is InChI=1S/C16H21FN2OS/c17-14-9-8-12(10-13(14)15(18)21)19-16(20)11-6-4-2-1-3-5-7-11/h8-11H,1-7H2,(H2,18,21)(H,19,20). The fraction of sp³-hybridized carbons (Fsp3) is 0.500. The number of anilines is 1. The van der Waals surface area contributed by atoms with Gasteiger partial charge in [-0.3, -0.25) is 4.79 Å². The molecule has 3 N–H and O–H groups in total. The molecule has 0 spiro atoms. The van der Waals surface area contributed by atoms with Crippen molar-refractivity contribution in [2.45, 2.75) is 44.9 Å². The average Bonchev–Trinajstić information content (AvgIpc) is 2.40. The van der Waals surface area contributed by atoms with E-state index in [1.165, 1.54) is 37.5 Å². The van der Waals surface area contributed by atoms with Crippen molar-refractivity contribution in [1.29, 1.82) is 0 Å². The summed E-state index contributed by atoms with van der Waals surface area (Å²) in [4.78, 5) is 12.3. The van der Waals surface area contributed by atoms with Crippen LogP contribution in [0, 0.1) is 11.7 Å². The molecule has 114 valence electrons. The molecule has 0 radical (unpaired) electrons. The second-order valence-corrected chi connectivity index (χ2v) is 6.03. The highest BCUT2D eigenvalue weighted by molar-refractivity contribution is 7.80. The molecule has 1 fully saturated rings. The van der Waals surface area contributed by atoms with Gasteiger partial charge < -0.3 is 11.1 Å². The van der Waals surface area contributed by atoms with E-state index in [1.807, 2.05) is 0 Å². The first-order valence-electron chi connectivity index (χ1n) is 7.48. The molecule has 1 aromatic rings. The fourth-order valence-corrected chi connectivity index (χ4v) is 2.91. The van der Waals surface area contributed by atoms with Crippen molar-refractivity contribution in [1.82, 2.24) is 0 Å². The number of carbonyl (C=O) groups is 1. The summed E-state index contributed by atoms with van der Waals surface area (Å²) in [5.74, 6) is -0.410. The van der Waals surface area contributed by atoms with Crippen LogP contribution in [0.2, 0.25) is 0 Å². The van der Waals surface area contributed by atoms with E-state index in [9.17, 15) is 9.18 Å². The molecule has 1 aliphatic rings. The molecule has 0 heterocycles. The van der Waals surface area contributed by atoms with Crippen molar-refractivity contribution in [3.63, 3.8) is 0 Å². The highest BCUT2D eigenvalue weighted by atomic mass is 32.1. The molecule has 0 bridgehead atoms. The monoisotopic (exact) mass is 308 g/mol. The highest BCUT2D eigenvalue weighted by Gasteiger charge is 2.19. The first-order valence-corrected chi connectivity index (χ1v) is 7.89. The molecule has 0 aromatic heterocycles. The topological polar surface area (TPSA) is 55.1 Å². The Kier molecular flexibility index (Phi) is 5.67. The Morgan fingerprint density at radius 1 is 1.19 bits per heavy atom. The molecule has 0 aliphatic heterocycles. The summed E-state index contributed by atoms with van der Waals surface area (Å²) in [6, 6.07) is 4.32. The van der Waals surface area contributed by atoms with Crippen LogP contribution in [0.3, 0.4) is 0 Å². The van der Waals surface area contributed by atoms with Gasteiger partial charge in [-0.1, -0.05) is 44.3 Å². The number of hydrogen-bond acceptors (Lipinski definition) is 2. The van der Waals surface area contributed by atoms with Gasteiger partial charge in [0.25, 0.3) is 0 Å².